The van der Waals surface area contributed by atoms with Crippen molar-refractivity contribution in [2.75, 3.05) is 13.7 Å². The molecule has 168 valence electrons. The van der Waals surface area contributed by atoms with Crippen LogP contribution < -0.4 is 4.74 Å². The summed E-state index contributed by atoms with van der Waals surface area (Å²) in [4.78, 5) is 26.0. The van der Waals surface area contributed by atoms with Gasteiger partial charge in [0.15, 0.2) is 5.12 Å². The van der Waals surface area contributed by atoms with E-state index < -0.39 is 5.97 Å². The molecule has 0 spiro atoms. The molecule has 3 rings (SSSR count). The summed E-state index contributed by atoms with van der Waals surface area (Å²) in [6, 6.07) is 19.0. The van der Waals surface area contributed by atoms with Gasteiger partial charge in [-0.3, -0.25) is 4.79 Å². The van der Waals surface area contributed by atoms with Gasteiger partial charge in [-0.25, -0.2) is 4.79 Å². The van der Waals surface area contributed by atoms with Crippen LogP contribution in [-0.4, -0.2) is 34.1 Å². The first-order chi connectivity index (χ1) is 15.2. The molecule has 0 aliphatic heterocycles. The lowest BCUT2D eigenvalue weighted by molar-refractivity contribution is -0.110. The van der Waals surface area contributed by atoms with Crippen LogP contribution >= 0.6 is 11.8 Å². The normalized spacial score (nSPS) is 11.3. The Hall–Kier alpha value is -2.99. The predicted octanol–water partition coefficient (Wildman–Crippen LogP) is 5.93. The fourth-order valence-electron chi connectivity index (χ4n) is 3.48. The van der Waals surface area contributed by atoms with E-state index in [-0.39, 0.29) is 22.9 Å². The number of hydrogen-bond acceptors (Lipinski definition) is 5. The monoisotopic (exact) mass is 451 g/mol. The Morgan fingerprint density at radius 1 is 1.00 bits per heavy atom. The molecule has 3 aromatic rings. The molecule has 1 heterocycles. The molecule has 0 amide bonds. The molecule has 0 saturated carbocycles. The van der Waals surface area contributed by atoms with Crippen molar-refractivity contribution in [3.05, 3.63) is 72.1 Å². The molecule has 0 radical (unpaired) electrons. The maximum absolute atomic E-state index is 13.1. The first-order valence-corrected chi connectivity index (χ1v) is 11.4. The number of carbonyl (C=O) groups is 2. The first-order valence-electron chi connectivity index (χ1n) is 10.6. The van der Waals surface area contributed by atoms with Gasteiger partial charge in [-0.1, -0.05) is 62.9 Å². The van der Waals surface area contributed by atoms with E-state index in [1.807, 2.05) is 86.0 Å². The van der Waals surface area contributed by atoms with Gasteiger partial charge in [-0.05, 0) is 42.8 Å². The second-order valence-corrected chi connectivity index (χ2v) is 10.2. The Bertz CT molecular complexity index is 1080. The average Bonchev–Trinajstić information content (AvgIpc) is 3.12. The Morgan fingerprint density at radius 3 is 2.22 bits per heavy atom. The van der Waals surface area contributed by atoms with Crippen LogP contribution in [-0.2, 0) is 16.0 Å². The number of aromatic nitrogens is 1. The van der Waals surface area contributed by atoms with Gasteiger partial charge >= 0.3 is 5.97 Å². The summed E-state index contributed by atoms with van der Waals surface area (Å²) >= 11 is 1.30. The Balaban J connectivity index is 2.21. The minimum atomic E-state index is -0.427. The van der Waals surface area contributed by atoms with Gasteiger partial charge < -0.3 is 14.0 Å². The number of rotatable bonds is 7. The van der Waals surface area contributed by atoms with E-state index in [1.165, 1.54) is 11.8 Å². The highest BCUT2D eigenvalue weighted by molar-refractivity contribution is 8.14. The molecule has 0 saturated heterocycles. The van der Waals surface area contributed by atoms with Crippen molar-refractivity contribution in [2.45, 2.75) is 38.9 Å². The summed E-state index contributed by atoms with van der Waals surface area (Å²) in [5.41, 5.74) is 3.54. The Kier molecular flexibility index (Phi) is 7.46. The molecule has 1 aromatic heterocycles. The number of carbonyl (C=O) groups excluding carboxylic acids is 2. The van der Waals surface area contributed by atoms with Crippen molar-refractivity contribution in [2.24, 2.45) is 0 Å². The van der Waals surface area contributed by atoms with Gasteiger partial charge in [0.05, 0.1) is 20.1 Å². The van der Waals surface area contributed by atoms with E-state index in [4.69, 9.17) is 9.47 Å². The number of hydrogen-bond donors (Lipinski definition) is 0. The Labute approximate surface area is 193 Å². The maximum Gasteiger partial charge on any atom is 0.355 e. The minimum absolute atomic E-state index is 0.0415. The summed E-state index contributed by atoms with van der Waals surface area (Å²) in [6.07, 6.45) is 0.188. The second-order valence-electron chi connectivity index (χ2n) is 8.28. The SMILES string of the molecule is CCOC(=O)c1c(-c2ccccc2)cc(CC(=O)SC(C)(C)C)n1-c1ccc(OC)cc1. The largest absolute Gasteiger partial charge is 0.497 e. The molecule has 6 heteroatoms. The highest BCUT2D eigenvalue weighted by Crippen LogP contribution is 2.33. The van der Waals surface area contributed by atoms with Gasteiger partial charge in [-0.2, -0.15) is 0 Å². The summed E-state index contributed by atoms with van der Waals surface area (Å²) in [5.74, 6) is 0.284. The molecule has 0 aliphatic carbocycles. The molecule has 0 fully saturated rings. The quantitative estimate of drug-likeness (QED) is 0.417. The molecule has 5 nitrogen and oxygen atoms in total. The number of nitrogens with zero attached hydrogens (tertiary/aromatic N) is 1. The van der Waals surface area contributed by atoms with Gasteiger partial charge in [0, 0.05) is 21.7 Å². The van der Waals surface area contributed by atoms with E-state index >= 15 is 0 Å². The zero-order valence-corrected chi connectivity index (χ0v) is 20.0. The average molecular weight is 452 g/mol. The lowest BCUT2D eigenvalue weighted by atomic mass is 10.1. The van der Waals surface area contributed by atoms with E-state index in [9.17, 15) is 9.59 Å². The topological polar surface area (TPSA) is 57.5 Å². The van der Waals surface area contributed by atoms with E-state index in [0.29, 0.717) is 11.4 Å². The fourth-order valence-corrected chi connectivity index (χ4v) is 4.39. The lowest BCUT2D eigenvalue weighted by Gasteiger charge is -2.17. The van der Waals surface area contributed by atoms with Crippen molar-refractivity contribution in [1.29, 1.82) is 0 Å². The molecule has 32 heavy (non-hydrogen) atoms. The van der Waals surface area contributed by atoms with Crippen LogP contribution in [0.1, 0.15) is 43.9 Å². The van der Waals surface area contributed by atoms with Gasteiger partial charge in [0.1, 0.15) is 11.4 Å². The minimum Gasteiger partial charge on any atom is -0.497 e. The van der Waals surface area contributed by atoms with E-state index in [2.05, 4.69) is 0 Å². The van der Waals surface area contributed by atoms with Gasteiger partial charge in [0.25, 0.3) is 0 Å². The summed E-state index contributed by atoms with van der Waals surface area (Å²) in [6.45, 7) is 8.08. The summed E-state index contributed by atoms with van der Waals surface area (Å²) in [7, 11) is 1.61. The van der Waals surface area contributed by atoms with Crippen LogP contribution in [0.15, 0.2) is 60.7 Å². The zero-order valence-electron chi connectivity index (χ0n) is 19.2. The van der Waals surface area contributed by atoms with Crippen LogP contribution in [0.4, 0.5) is 0 Å². The third kappa shape index (κ3) is 5.62. The fraction of sp³-hybridized carbons (Fsp3) is 0.308. The lowest BCUT2D eigenvalue weighted by Crippen LogP contribution is -2.17. The number of methoxy groups -OCH3 is 1. The predicted molar refractivity (Wildman–Crippen MR) is 130 cm³/mol. The molecular weight excluding hydrogens is 422 g/mol. The number of benzene rings is 2. The van der Waals surface area contributed by atoms with Crippen LogP contribution in [0, 0.1) is 0 Å². The van der Waals surface area contributed by atoms with Crippen LogP contribution in [0.5, 0.6) is 5.75 Å². The van der Waals surface area contributed by atoms with Gasteiger partial charge in [0.2, 0.25) is 0 Å². The van der Waals surface area contributed by atoms with Crippen molar-refractivity contribution in [3.8, 4) is 22.6 Å². The molecule has 0 aliphatic rings. The van der Waals surface area contributed by atoms with Crippen molar-refractivity contribution < 1.29 is 19.1 Å². The molecule has 0 N–H and O–H groups in total. The summed E-state index contributed by atoms with van der Waals surface area (Å²) < 4.78 is 12.3. The van der Waals surface area contributed by atoms with Crippen molar-refractivity contribution in [1.82, 2.24) is 4.57 Å². The van der Waals surface area contributed by atoms with Crippen molar-refractivity contribution in [3.63, 3.8) is 0 Å². The number of ether oxygens (including phenoxy) is 2. The smallest absolute Gasteiger partial charge is 0.355 e. The molecular formula is C26H29NO4S. The molecule has 2 aromatic carbocycles. The standard InChI is InChI=1S/C26H29NO4S/c1-6-31-25(29)24-22(18-10-8-7-9-11-18)16-20(17-23(28)32-26(2,3)4)27(24)19-12-14-21(30-5)15-13-19/h7-16H,6,17H2,1-5H3. The molecule has 0 bridgehead atoms. The van der Waals surface area contributed by atoms with Gasteiger partial charge in [-0.15, -0.1) is 0 Å². The Morgan fingerprint density at radius 2 is 1.66 bits per heavy atom. The van der Waals surface area contributed by atoms with Crippen LogP contribution in [0.3, 0.4) is 0 Å². The van der Waals surface area contributed by atoms with Crippen molar-refractivity contribution >= 4 is 22.8 Å². The third-order valence-corrected chi connectivity index (χ3v) is 5.69. The second kappa shape index (κ2) is 10.1. The van der Waals surface area contributed by atoms with E-state index in [0.717, 1.165) is 22.5 Å². The summed E-state index contributed by atoms with van der Waals surface area (Å²) in [5, 5.41) is 0.0415. The number of esters is 1. The highest BCUT2D eigenvalue weighted by atomic mass is 32.2. The first kappa shape index (κ1) is 23.7. The molecule has 0 unspecified atom stereocenters. The highest BCUT2D eigenvalue weighted by Gasteiger charge is 2.26. The van der Waals surface area contributed by atoms with Crippen LogP contribution in [0.2, 0.25) is 0 Å². The molecule has 0 atom stereocenters. The van der Waals surface area contributed by atoms with E-state index in [1.54, 1.807) is 14.0 Å². The number of thioether (sulfide) groups is 1. The van der Waals surface area contributed by atoms with Crippen LogP contribution in [0.25, 0.3) is 16.8 Å². The zero-order chi connectivity index (χ0) is 23.3. The third-order valence-electron chi connectivity index (χ3n) is 4.71. The maximum atomic E-state index is 13.1.